The van der Waals surface area contributed by atoms with E-state index in [0.717, 1.165) is 10.5 Å². The van der Waals surface area contributed by atoms with Crippen LogP contribution in [0.25, 0.3) is 0 Å². The molecule has 2 N–H and O–H groups in total. The first-order valence-corrected chi connectivity index (χ1v) is 6.51. The number of anilines is 1. The zero-order valence-corrected chi connectivity index (χ0v) is 11.4. The standard InChI is InChI=1S/C14H19F3N2O/c1-2-9-19(10-14(15,16)17)13(20)8-7-11-5-3-4-6-12(11)18/h3-6H,2,7-10,18H2,1H3. The van der Waals surface area contributed by atoms with E-state index in [0.29, 0.717) is 18.5 Å². The van der Waals surface area contributed by atoms with Gasteiger partial charge in [-0.05, 0) is 24.5 Å². The number of benzene rings is 1. The molecule has 0 spiro atoms. The van der Waals surface area contributed by atoms with Gasteiger partial charge in [-0.25, -0.2) is 0 Å². The first-order valence-electron chi connectivity index (χ1n) is 6.51. The van der Waals surface area contributed by atoms with Gasteiger partial charge >= 0.3 is 6.18 Å². The second-order valence-corrected chi connectivity index (χ2v) is 4.63. The number of nitrogen functional groups attached to an aromatic ring is 1. The minimum atomic E-state index is -4.36. The van der Waals surface area contributed by atoms with Crippen molar-refractivity contribution in [2.75, 3.05) is 18.8 Å². The summed E-state index contributed by atoms with van der Waals surface area (Å²) in [6.07, 6.45) is -3.49. The predicted molar refractivity (Wildman–Crippen MR) is 72.1 cm³/mol. The number of aryl methyl sites for hydroxylation is 1. The Kier molecular flexibility index (Phi) is 5.85. The van der Waals surface area contributed by atoms with E-state index in [1.807, 2.05) is 0 Å². The average Bonchev–Trinajstić information content (AvgIpc) is 2.35. The predicted octanol–water partition coefficient (Wildman–Crippen LogP) is 3.00. The summed E-state index contributed by atoms with van der Waals surface area (Å²) >= 11 is 0. The van der Waals surface area contributed by atoms with Crippen molar-refractivity contribution in [1.29, 1.82) is 0 Å². The maximum atomic E-state index is 12.4. The Morgan fingerprint density at radius 1 is 1.30 bits per heavy atom. The van der Waals surface area contributed by atoms with Crippen LogP contribution in [0.4, 0.5) is 18.9 Å². The number of para-hydroxylation sites is 1. The fourth-order valence-electron chi connectivity index (χ4n) is 1.94. The summed E-state index contributed by atoms with van der Waals surface area (Å²) in [5.74, 6) is -0.493. The number of halogens is 3. The van der Waals surface area contributed by atoms with Gasteiger partial charge in [0.1, 0.15) is 6.54 Å². The Morgan fingerprint density at radius 3 is 2.50 bits per heavy atom. The van der Waals surface area contributed by atoms with Crippen molar-refractivity contribution < 1.29 is 18.0 Å². The summed E-state index contributed by atoms with van der Waals surface area (Å²) in [5, 5.41) is 0. The highest BCUT2D eigenvalue weighted by Crippen LogP contribution is 2.18. The van der Waals surface area contributed by atoms with E-state index in [1.54, 1.807) is 31.2 Å². The Labute approximate surface area is 116 Å². The van der Waals surface area contributed by atoms with Gasteiger partial charge < -0.3 is 10.6 Å². The molecule has 0 unspecified atom stereocenters. The third-order valence-electron chi connectivity index (χ3n) is 2.88. The molecule has 0 aliphatic heterocycles. The molecule has 0 bridgehead atoms. The van der Waals surface area contributed by atoms with Crippen LogP contribution in [0.1, 0.15) is 25.3 Å². The summed E-state index contributed by atoms with van der Waals surface area (Å²) in [4.78, 5) is 12.7. The van der Waals surface area contributed by atoms with Gasteiger partial charge in [0.2, 0.25) is 5.91 Å². The Bertz CT molecular complexity index is 446. The van der Waals surface area contributed by atoms with Gasteiger partial charge in [0, 0.05) is 18.7 Å². The van der Waals surface area contributed by atoms with E-state index >= 15 is 0 Å². The minimum Gasteiger partial charge on any atom is -0.399 e. The van der Waals surface area contributed by atoms with Gasteiger partial charge in [-0.2, -0.15) is 13.2 Å². The number of carbonyl (C=O) groups excluding carboxylic acids is 1. The van der Waals surface area contributed by atoms with Crippen molar-refractivity contribution in [3.8, 4) is 0 Å². The lowest BCUT2D eigenvalue weighted by Crippen LogP contribution is -2.39. The summed E-state index contributed by atoms with van der Waals surface area (Å²) in [7, 11) is 0. The van der Waals surface area contributed by atoms with Crippen LogP contribution in [0.3, 0.4) is 0 Å². The molecular weight excluding hydrogens is 269 g/mol. The number of hydrogen-bond acceptors (Lipinski definition) is 2. The zero-order valence-electron chi connectivity index (χ0n) is 11.4. The molecule has 0 aliphatic carbocycles. The van der Waals surface area contributed by atoms with Gasteiger partial charge in [-0.1, -0.05) is 25.1 Å². The van der Waals surface area contributed by atoms with Crippen molar-refractivity contribution in [3.63, 3.8) is 0 Å². The molecule has 0 saturated carbocycles. The van der Waals surface area contributed by atoms with E-state index in [-0.39, 0.29) is 13.0 Å². The smallest absolute Gasteiger partial charge is 0.399 e. The largest absolute Gasteiger partial charge is 0.406 e. The topological polar surface area (TPSA) is 46.3 Å². The lowest BCUT2D eigenvalue weighted by Gasteiger charge is -2.23. The fourth-order valence-corrected chi connectivity index (χ4v) is 1.94. The second kappa shape index (κ2) is 7.17. The van der Waals surface area contributed by atoms with Crippen molar-refractivity contribution >= 4 is 11.6 Å². The zero-order chi connectivity index (χ0) is 15.2. The SMILES string of the molecule is CCCN(CC(F)(F)F)C(=O)CCc1ccccc1N. The van der Waals surface area contributed by atoms with Gasteiger partial charge in [-0.15, -0.1) is 0 Å². The second-order valence-electron chi connectivity index (χ2n) is 4.63. The quantitative estimate of drug-likeness (QED) is 0.818. The molecule has 6 heteroatoms. The maximum Gasteiger partial charge on any atom is 0.406 e. The van der Waals surface area contributed by atoms with Crippen molar-refractivity contribution in [2.24, 2.45) is 0 Å². The van der Waals surface area contributed by atoms with Crippen molar-refractivity contribution in [2.45, 2.75) is 32.4 Å². The number of nitrogens with two attached hydrogens (primary N) is 1. The van der Waals surface area contributed by atoms with E-state index in [1.165, 1.54) is 0 Å². The molecule has 112 valence electrons. The summed E-state index contributed by atoms with van der Waals surface area (Å²) in [6, 6.07) is 7.04. The molecule has 1 rings (SSSR count). The third kappa shape index (κ3) is 5.50. The van der Waals surface area contributed by atoms with Crippen LogP contribution in [0.2, 0.25) is 0 Å². The van der Waals surface area contributed by atoms with Crippen molar-refractivity contribution in [3.05, 3.63) is 29.8 Å². The maximum absolute atomic E-state index is 12.4. The van der Waals surface area contributed by atoms with Crippen LogP contribution in [0, 0.1) is 0 Å². The van der Waals surface area contributed by atoms with Gasteiger partial charge in [0.05, 0.1) is 0 Å². The highest BCUT2D eigenvalue weighted by Gasteiger charge is 2.32. The van der Waals surface area contributed by atoms with Crippen molar-refractivity contribution in [1.82, 2.24) is 4.90 Å². The number of hydrogen-bond donors (Lipinski definition) is 1. The first-order chi connectivity index (χ1) is 9.33. The normalized spacial score (nSPS) is 11.4. The molecule has 0 atom stereocenters. The van der Waals surface area contributed by atoms with E-state index in [4.69, 9.17) is 5.73 Å². The van der Waals surface area contributed by atoms with E-state index in [9.17, 15) is 18.0 Å². The van der Waals surface area contributed by atoms with E-state index < -0.39 is 18.6 Å². The molecule has 1 aromatic carbocycles. The van der Waals surface area contributed by atoms with Gasteiger partial charge in [-0.3, -0.25) is 4.79 Å². The van der Waals surface area contributed by atoms with E-state index in [2.05, 4.69) is 0 Å². The number of amides is 1. The molecule has 0 fully saturated rings. The molecule has 0 aliphatic rings. The monoisotopic (exact) mass is 288 g/mol. The minimum absolute atomic E-state index is 0.0320. The van der Waals surface area contributed by atoms with Crippen LogP contribution in [0.5, 0.6) is 0 Å². The average molecular weight is 288 g/mol. The van der Waals surface area contributed by atoms with Gasteiger partial charge in [0.25, 0.3) is 0 Å². The highest BCUT2D eigenvalue weighted by molar-refractivity contribution is 5.76. The molecule has 0 heterocycles. The first kappa shape index (κ1) is 16.3. The molecule has 0 saturated heterocycles. The van der Waals surface area contributed by atoms with Crippen LogP contribution < -0.4 is 5.73 Å². The fraction of sp³-hybridized carbons (Fsp3) is 0.500. The number of rotatable bonds is 6. The molecule has 0 radical (unpaired) electrons. The number of alkyl halides is 3. The number of nitrogens with zero attached hydrogens (tertiary/aromatic N) is 1. The molecule has 20 heavy (non-hydrogen) atoms. The van der Waals surface area contributed by atoms with Crippen LogP contribution in [-0.2, 0) is 11.2 Å². The summed E-state index contributed by atoms with van der Waals surface area (Å²) < 4.78 is 37.2. The summed E-state index contributed by atoms with van der Waals surface area (Å²) in [6.45, 7) is 0.665. The van der Waals surface area contributed by atoms with Crippen LogP contribution >= 0.6 is 0 Å². The van der Waals surface area contributed by atoms with Crippen LogP contribution in [0.15, 0.2) is 24.3 Å². The molecule has 0 aromatic heterocycles. The third-order valence-corrected chi connectivity index (χ3v) is 2.88. The summed E-state index contributed by atoms with van der Waals surface area (Å²) in [5.41, 5.74) is 7.07. The van der Waals surface area contributed by atoms with Gasteiger partial charge in [0.15, 0.2) is 0 Å². The lowest BCUT2D eigenvalue weighted by molar-refractivity contribution is -0.161. The molecule has 1 aromatic rings. The Morgan fingerprint density at radius 2 is 1.95 bits per heavy atom. The Hall–Kier alpha value is -1.72. The molecule has 1 amide bonds. The lowest BCUT2D eigenvalue weighted by atomic mass is 10.1. The number of carbonyl (C=O) groups is 1. The Balaban J connectivity index is 2.60. The molecular formula is C14H19F3N2O. The highest BCUT2D eigenvalue weighted by atomic mass is 19.4. The van der Waals surface area contributed by atoms with Crippen LogP contribution in [-0.4, -0.2) is 30.1 Å². The molecule has 3 nitrogen and oxygen atoms in total.